The maximum Gasteiger partial charge on any atom is 0.338 e. The van der Waals surface area contributed by atoms with Crippen molar-refractivity contribution in [3.05, 3.63) is 309 Å². The van der Waals surface area contributed by atoms with Crippen LogP contribution < -0.4 is 47.3 Å². The minimum absolute atomic E-state index is 0.0564. The molecule has 732 valence electrons. The zero-order valence-corrected chi connectivity index (χ0v) is 82.2. The first-order chi connectivity index (χ1) is 67.6. The lowest BCUT2D eigenvalue weighted by molar-refractivity contribution is 0.0517. The molecule has 0 bridgehead atoms. The fourth-order valence-corrected chi connectivity index (χ4v) is 18.8. The van der Waals surface area contributed by atoms with Gasteiger partial charge in [-0.15, -0.1) is 0 Å². The number of pyridine rings is 1. The molecule has 138 heavy (non-hydrogen) atoms. The van der Waals surface area contributed by atoms with Crippen LogP contribution in [0.2, 0.25) is 0 Å². The fraction of sp³-hybridized carbons (Fsp3) is 0.419. The molecule has 0 spiro atoms. The van der Waals surface area contributed by atoms with E-state index in [9.17, 15) is 29.1 Å². The summed E-state index contributed by atoms with van der Waals surface area (Å²) in [7, 11) is 1.68. The van der Waals surface area contributed by atoms with Crippen molar-refractivity contribution >= 4 is 86.1 Å². The zero-order valence-electron chi connectivity index (χ0n) is 82.2. The van der Waals surface area contributed by atoms with Crippen LogP contribution in [0.3, 0.4) is 0 Å². The average Bonchev–Trinajstić information content (AvgIpc) is 0.868. The number of esters is 5. The Balaban J connectivity index is 0.000000155. The number of hydrogen-bond acceptors (Lipinski definition) is 21. The molecule has 0 aliphatic heterocycles. The molecule has 5 saturated carbocycles. The normalized spacial score (nSPS) is 14.6. The standard InChI is InChI=1S/C26H30N2O2.2C24H31NO3.C22H28N2O2.C21H27N3O2/c1-2-30-26(29)22-14-15-24(28-23-10-4-3-5-11-23)25(17-22)27-18-19-12-13-20-8-6-7-9-21(20)16-19;1-3-28-24(26)21-13-12-20(14-18-8-5-4-6-9-18)23(16-21)25-17-19-10-7-11-22(15-19)27-2;1-2-28-24(27)22-13-12-21(14-18-6-4-3-5-7-18)23(15-22)25-16-19-8-10-20(17-26)11-9-19;1-2-26-22(25)18-13-14-20(24-19-11-7-4-8-12-19)21(15-18)23-16-17-9-5-3-6-10-17;1-2-26-21(25)16-11-12-19(24-17-8-4-3-5-9-17)20(14-16)23-15-18-10-6-7-13-22-18/h6-9,12-17,23,27-28H,2-5,10-11,18H2,1H3;7,10-13,15-16,18,25H,3-6,8-9,14,17H2,1-2H3;8-13,15,18,25-26H,2-7,14,16-17H2,1H3;3,5-6,9-10,13-15,19,23-24H,2,4,7-8,11-12,16H2,1H3;6-7,10-14,17,23-24H,2-5,8-9,15H2,1H3. The van der Waals surface area contributed by atoms with Crippen molar-refractivity contribution < 1.29 is 57.5 Å². The molecule has 0 radical (unpaired) electrons. The summed E-state index contributed by atoms with van der Waals surface area (Å²) in [5, 5.41) is 40.2. The van der Waals surface area contributed by atoms with Crippen molar-refractivity contribution in [1.82, 2.24) is 4.98 Å². The molecular formula is C117H147N9O12. The first-order valence-electron chi connectivity index (χ1n) is 50.9. The maximum atomic E-state index is 12.2. The van der Waals surface area contributed by atoms with Crippen LogP contribution in [0.5, 0.6) is 5.75 Å². The van der Waals surface area contributed by atoms with Gasteiger partial charge < -0.3 is 76.1 Å². The highest BCUT2D eigenvalue weighted by Gasteiger charge is 2.25. The van der Waals surface area contributed by atoms with E-state index in [0.29, 0.717) is 112 Å². The van der Waals surface area contributed by atoms with E-state index in [0.717, 1.165) is 98.3 Å². The SMILES string of the molecule is CCOC(=O)c1ccc(CC2CCCCC2)c(NCc2ccc(CO)cc2)c1.CCOC(=O)c1ccc(CC2CCCCC2)c(NCc2cccc(OC)c2)c1.CCOC(=O)c1ccc(NC2CCCCC2)c(NCc2ccc3ccccc3c2)c1.CCOC(=O)c1ccc(NC2CCCCC2)c(NCc2ccccc2)c1.CCOC(=O)c1ccc(NC2CCCCC2)c(NCc2ccccn2)c1. The zero-order chi connectivity index (χ0) is 96.7. The minimum Gasteiger partial charge on any atom is -0.497 e. The van der Waals surface area contributed by atoms with Crippen LogP contribution >= 0.6 is 0 Å². The quantitative estimate of drug-likeness (QED) is 0.0129. The Labute approximate surface area is 818 Å². The third kappa shape index (κ3) is 34.1. The number of anilines is 8. The molecule has 21 heteroatoms. The topological polar surface area (TPSA) is 270 Å². The Morgan fingerprint density at radius 2 is 0.630 bits per heavy atom. The van der Waals surface area contributed by atoms with E-state index >= 15 is 0 Å². The number of aliphatic hydroxyl groups excluding tert-OH is 1. The molecule has 1 heterocycles. The summed E-state index contributed by atoms with van der Waals surface area (Å²) < 4.78 is 31.2. The number of nitrogens with one attached hydrogen (secondary N) is 8. The average molecular weight is 1870 g/mol. The van der Waals surface area contributed by atoms with Crippen LogP contribution in [0.1, 0.15) is 292 Å². The van der Waals surface area contributed by atoms with Crippen molar-refractivity contribution in [2.24, 2.45) is 11.8 Å². The van der Waals surface area contributed by atoms with Crippen molar-refractivity contribution in [3.63, 3.8) is 0 Å². The Kier molecular flexibility index (Phi) is 43.2. The number of ether oxygens (including phenoxy) is 6. The fourth-order valence-electron chi connectivity index (χ4n) is 18.8. The van der Waals surface area contributed by atoms with Crippen molar-refractivity contribution in [2.45, 2.75) is 265 Å². The van der Waals surface area contributed by atoms with Gasteiger partial charge >= 0.3 is 29.8 Å². The van der Waals surface area contributed by atoms with Gasteiger partial charge in [0.1, 0.15) is 5.75 Å². The van der Waals surface area contributed by atoms with Crippen LogP contribution in [0, 0.1) is 11.8 Å². The van der Waals surface area contributed by atoms with Crippen molar-refractivity contribution in [2.75, 3.05) is 82.7 Å². The Morgan fingerprint density at radius 1 is 0.297 bits per heavy atom. The molecule has 10 aromatic carbocycles. The van der Waals surface area contributed by atoms with Gasteiger partial charge in [-0.1, -0.05) is 243 Å². The predicted octanol–water partition coefficient (Wildman–Crippen LogP) is 26.9. The van der Waals surface area contributed by atoms with E-state index in [2.05, 4.69) is 120 Å². The van der Waals surface area contributed by atoms with Crippen LogP contribution in [0.25, 0.3) is 10.8 Å². The molecule has 9 N–H and O–H groups in total. The highest BCUT2D eigenvalue weighted by molar-refractivity contribution is 5.95. The summed E-state index contributed by atoms with van der Waals surface area (Å²) in [6, 6.07) is 77.5. The van der Waals surface area contributed by atoms with E-state index < -0.39 is 0 Å². The number of hydrogen-bond donors (Lipinski definition) is 9. The Morgan fingerprint density at radius 3 is 1.03 bits per heavy atom. The predicted molar refractivity (Wildman–Crippen MR) is 561 cm³/mol. The van der Waals surface area contributed by atoms with Gasteiger partial charge in [0, 0.05) is 61.9 Å². The van der Waals surface area contributed by atoms with Crippen molar-refractivity contribution in [3.8, 4) is 5.75 Å². The van der Waals surface area contributed by atoms with Crippen LogP contribution in [-0.4, -0.2) is 98.2 Å². The van der Waals surface area contributed by atoms with Gasteiger partial charge in [-0.25, -0.2) is 24.0 Å². The van der Waals surface area contributed by atoms with E-state index in [4.69, 9.17) is 28.4 Å². The monoisotopic (exact) mass is 1870 g/mol. The molecule has 0 saturated heterocycles. The van der Waals surface area contributed by atoms with Gasteiger partial charge in [0.05, 0.1) is 121 Å². The molecule has 0 atom stereocenters. The number of rotatable bonds is 37. The largest absolute Gasteiger partial charge is 0.497 e. The van der Waals surface area contributed by atoms with Gasteiger partial charge in [0.15, 0.2) is 0 Å². The first kappa shape index (κ1) is 104. The third-order valence-corrected chi connectivity index (χ3v) is 26.3. The lowest BCUT2D eigenvalue weighted by Crippen LogP contribution is -2.23. The summed E-state index contributed by atoms with van der Waals surface area (Å²) in [6.07, 6.45) is 36.0. The Bertz CT molecular complexity index is 5430. The number of aliphatic hydroxyl groups is 1. The number of aromatic nitrogens is 1. The number of fused-ring (bicyclic) bond motifs is 1. The lowest BCUT2D eigenvalue weighted by atomic mass is 9.84. The van der Waals surface area contributed by atoms with Crippen LogP contribution in [-0.2, 0) is 75.9 Å². The van der Waals surface area contributed by atoms with Gasteiger partial charge in [-0.05, 0) is 257 Å². The highest BCUT2D eigenvalue weighted by atomic mass is 16.5. The number of nitrogens with zero attached hydrogens (tertiary/aromatic N) is 1. The number of methoxy groups -OCH3 is 1. The third-order valence-electron chi connectivity index (χ3n) is 26.3. The summed E-state index contributed by atoms with van der Waals surface area (Å²) in [6.45, 7) is 14.4. The molecule has 21 nitrogen and oxygen atoms in total. The number of benzene rings is 10. The van der Waals surface area contributed by atoms with Gasteiger partial charge in [0.25, 0.3) is 0 Å². The number of carbonyl (C=O) groups is 5. The minimum atomic E-state index is -0.294. The van der Waals surface area contributed by atoms with E-state index in [1.54, 1.807) is 13.3 Å². The molecule has 5 aliphatic rings. The molecule has 1 aromatic heterocycles. The van der Waals surface area contributed by atoms with E-state index in [-0.39, 0.29) is 36.5 Å². The number of carbonyl (C=O) groups excluding carboxylic acids is 5. The summed E-state index contributed by atoms with van der Waals surface area (Å²) >= 11 is 0. The summed E-state index contributed by atoms with van der Waals surface area (Å²) in [5.41, 5.74) is 20.0. The molecular weight excluding hydrogens is 1720 g/mol. The maximum absolute atomic E-state index is 12.2. The van der Waals surface area contributed by atoms with Crippen LogP contribution in [0.15, 0.2) is 237 Å². The van der Waals surface area contributed by atoms with Gasteiger partial charge in [-0.3, -0.25) is 4.98 Å². The molecule has 5 aliphatic carbocycles. The second kappa shape index (κ2) is 57.4. The summed E-state index contributed by atoms with van der Waals surface area (Å²) in [5.74, 6) is 0.916. The lowest BCUT2D eigenvalue weighted by Gasteiger charge is -2.25. The molecule has 0 unspecified atom stereocenters. The van der Waals surface area contributed by atoms with Gasteiger partial charge in [-0.2, -0.15) is 0 Å². The van der Waals surface area contributed by atoms with E-state index in [1.165, 1.54) is 194 Å². The van der Waals surface area contributed by atoms with E-state index in [1.807, 2.05) is 192 Å². The van der Waals surface area contributed by atoms with Crippen molar-refractivity contribution in [1.29, 1.82) is 0 Å². The molecule has 16 rings (SSSR count). The molecule has 11 aromatic rings. The second-order valence-corrected chi connectivity index (χ2v) is 36.6. The van der Waals surface area contributed by atoms with Gasteiger partial charge in [0.2, 0.25) is 0 Å². The molecule has 0 amide bonds. The molecule has 5 fully saturated rings. The van der Waals surface area contributed by atoms with Crippen LogP contribution in [0.4, 0.5) is 45.5 Å². The smallest absolute Gasteiger partial charge is 0.338 e. The highest BCUT2D eigenvalue weighted by Crippen LogP contribution is 2.37. The second-order valence-electron chi connectivity index (χ2n) is 36.6. The first-order valence-corrected chi connectivity index (χ1v) is 50.9. The summed E-state index contributed by atoms with van der Waals surface area (Å²) in [4.78, 5) is 65.2. The Hall–Kier alpha value is -12.9.